The fourth-order valence-electron chi connectivity index (χ4n) is 5.16. The van der Waals surface area contributed by atoms with Crippen LogP contribution in [0.2, 0.25) is 0 Å². The van der Waals surface area contributed by atoms with Crippen LogP contribution in [0.15, 0.2) is 83.9 Å². The second-order valence-electron chi connectivity index (χ2n) is 10.2. The van der Waals surface area contributed by atoms with Crippen LogP contribution in [0.4, 0.5) is 0 Å². The number of ketones is 1. The molecule has 4 nitrogen and oxygen atoms in total. The van der Waals surface area contributed by atoms with Crippen molar-refractivity contribution in [1.82, 2.24) is 4.98 Å². The first-order chi connectivity index (χ1) is 19.7. The summed E-state index contributed by atoms with van der Waals surface area (Å²) >= 11 is 1.38. The number of aromatic nitrogens is 1. The van der Waals surface area contributed by atoms with Crippen LogP contribution in [0, 0.1) is 11.3 Å². The number of ether oxygens (including phenoxy) is 1. The van der Waals surface area contributed by atoms with E-state index in [4.69, 9.17) is 9.72 Å². The summed E-state index contributed by atoms with van der Waals surface area (Å²) in [7, 11) is 0. The summed E-state index contributed by atoms with van der Waals surface area (Å²) in [6, 6.07) is 28.5. The molecule has 3 aromatic carbocycles. The Kier molecular flexibility index (Phi) is 9.31. The Morgan fingerprint density at radius 2 is 1.70 bits per heavy atom. The quantitative estimate of drug-likeness (QED) is 0.140. The molecular weight excluding hydrogens is 512 g/mol. The second kappa shape index (κ2) is 13.5. The number of carbonyl (C=O) groups is 1. The fourth-order valence-corrected chi connectivity index (χ4v) is 6.06. The number of unbranched alkanes of at least 4 members (excludes halogenated alkanes) is 1. The average molecular weight is 547 g/mol. The highest BCUT2D eigenvalue weighted by atomic mass is 32.2. The smallest absolute Gasteiger partial charge is 0.173 e. The zero-order valence-corrected chi connectivity index (χ0v) is 23.8. The predicted molar refractivity (Wildman–Crippen MR) is 162 cm³/mol. The van der Waals surface area contributed by atoms with Crippen LogP contribution < -0.4 is 4.74 Å². The van der Waals surface area contributed by atoms with Gasteiger partial charge in [-0.15, -0.1) is 0 Å². The van der Waals surface area contributed by atoms with E-state index in [0.29, 0.717) is 22.8 Å². The molecule has 0 aliphatic heterocycles. The Morgan fingerprint density at radius 1 is 0.950 bits per heavy atom. The highest BCUT2D eigenvalue weighted by Crippen LogP contribution is 2.38. The van der Waals surface area contributed by atoms with Gasteiger partial charge in [-0.25, -0.2) is 4.98 Å². The molecule has 40 heavy (non-hydrogen) atoms. The molecule has 0 bridgehead atoms. The first-order valence-electron chi connectivity index (χ1n) is 14.1. The third-order valence-corrected chi connectivity index (χ3v) is 8.35. The number of rotatable bonds is 11. The summed E-state index contributed by atoms with van der Waals surface area (Å²) in [5.74, 6) is 1.09. The van der Waals surface area contributed by atoms with Gasteiger partial charge in [0.25, 0.3) is 0 Å². The number of nitriles is 1. The van der Waals surface area contributed by atoms with Crippen molar-refractivity contribution in [2.75, 3.05) is 5.75 Å². The largest absolute Gasteiger partial charge is 0.489 e. The van der Waals surface area contributed by atoms with Crippen LogP contribution in [-0.4, -0.2) is 16.5 Å². The first kappa shape index (κ1) is 27.7. The van der Waals surface area contributed by atoms with Crippen LogP contribution in [-0.2, 0) is 25.9 Å². The van der Waals surface area contributed by atoms with Crippen LogP contribution in [0.5, 0.6) is 5.75 Å². The van der Waals surface area contributed by atoms with Crippen molar-refractivity contribution in [3.05, 3.63) is 112 Å². The van der Waals surface area contributed by atoms with Crippen molar-refractivity contribution < 1.29 is 9.53 Å². The maximum Gasteiger partial charge on any atom is 0.173 e. The monoisotopic (exact) mass is 546 g/mol. The van der Waals surface area contributed by atoms with Crippen molar-refractivity contribution in [3.63, 3.8) is 0 Å². The zero-order valence-electron chi connectivity index (χ0n) is 23.0. The van der Waals surface area contributed by atoms with Gasteiger partial charge < -0.3 is 4.74 Å². The number of fused-ring (bicyclic) bond motifs is 1. The average Bonchev–Trinajstić information content (AvgIpc) is 3.02. The molecule has 1 aliphatic rings. The lowest BCUT2D eigenvalue weighted by molar-refractivity contribution is 0.102. The van der Waals surface area contributed by atoms with E-state index in [1.54, 1.807) is 0 Å². The van der Waals surface area contributed by atoms with Gasteiger partial charge in [0.05, 0.1) is 11.3 Å². The van der Waals surface area contributed by atoms with Crippen molar-refractivity contribution >= 4 is 17.5 Å². The lowest BCUT2D eigenvalue weighted by Crippen LogP contribution is -2.11. The maximum atomic E-state index is 13.0. The van der Waals surface area contributed by atoms with Gasteiger partial charge in [0.1, 0.15) is 23.5 Å². The zero-order chi connectivity index (χ0) is 27.7. The number of hydrogen-bond acceptors (Lipinski definition) is 5. The van der Waals surface area contributed by atoms with Gasteiger partial charge in [0.2, 0.25) is 0 Å². The molecule has 0 radical (unpaired) electrons. The summed E-state index contributed by atoms with van der Waals surface area (Å²) in [6.45, 7) is 2.69. The highest BCUT2D eigenvalue weighted by molar-refractivity contribution is 8.00. The number of aryl methyl sites for hydroxylation is 2. The van der Waals surface area contributed by atoms with Gasteiger partial charge in [-0.05, 0) is 72.9 Å². The Hall–Kier alpha value is -3.88. The van der Waals surface area contributed by atoms with Crippen molar-refractivity contribution in [2.24, 2.45) is 0 Å². The van der Waals surface area contributed by atoms with E-state index in [1.807, 2.05) is 66.7 Å². The normalized spacial score (nSPS) is 12.4. The van der Waals surface area contributed by atoms with E-state index in [-0.39, 0.29) is 11.5 Å². The molecule has 5 rings (SSSR count). The molecule has 1 heterocycles. The SMILES string of the molecule is CCCCc1ccc(C(=O)CSc2nc3c(c(-c4ccc(OCc5ccccc5)cc4)c2C#N)CCCC3)cc1. The van der Waals surface area contributed by atoms with Gasteiger partial charge in [-0.3, -0.25) is 4.79 Å². The van der Waals surface area contributed by atoms with Crippen LogP contribution in [0.1, 0.15) is 70.9 Å². The molecule has 0 fully saturated rings. The summed E-state index contributed by atoms with van der Waals surface area (Å²) in [6.07, 6.45) is 7.32. The Morgan fingerprint density at radius 3 is 2.42 bits per heavy atom. The van der Waals surface area contributed by atoms with E-state index < -0.39 is 0 Å². The fraction of sp³-hybridized carbons (Fsp3) is 0.286. The lowest BCUT2D eigenvalue weighted by Gasteiger charge is -2.22. The first-order valence-corrected chi connectivity index (χ1v) is 15.1. The van der Waals surface area contributed by atoms with Crippen molar-refractivity contribution in [2.45, 2.75) is 63.5 Å². The Labute approximate surface area is 241 Å². The second-order valence-corrected chi connectivity index (χ2v) is 11.2. The standard InChI is InChI=1S/C35H34N2O2S/c1-2-3-9-25-14-16-27(17-15-25)33(38)24-40-35-31(22-36)34(30-12-7-8-13-32(30)37-35)28-18-20-29(21-19-28)39-23-26-10-5-4-6-11-26/h4-6,10-11,14-21H,2-3,7-9,12-13,23-24H2,1H3. The predicted octanol–water partition coefficient (Wildman–Crippen LogP) is 8.40. The van der Waals surface area contributed by atoms with Gasteiger partial charge >= 0.3 is 0 Å². The molecule has 0 spiro atoms. The van der Waals surface area contributed by atoms with E-state index in [9.17, 15) is 10.1 Å². The summed E-state index contributed by atoms with van der Waals surface area (Å²) in [4.78, 5) is 18.0. The van der Waals surface area contributed by atoms with Gasteiger partial charge in [0.15, 0.2) is 5.78 Å². The molecule has 0 saturated carbocycles. The summed E-state index contributed by atoms with van der Waals surface area (Å²) in [5, 5.41) is 10.9. The molecule has 4 aromatic rings. The third-order valence-electron chi connectivity index (χ3n) is 7.38. The topological polar surface area (TPSA) is 63.0 Å². The molecule has 1 aliphatic carbocycles. The number of benzene rings is 3. The Balaban J connectivity index is 1.37. The minimum absolute atomic E-state index is 0.0527. The minimum atomic E-state index is 0.0527. The number of carbonyl (C=O) groups excluding carboxylic acids is 1. The van der Waals surface area contributed by atoms with Gasteiger partial charge in [0, 0.05) is 16.8 Å². The maximum absolute atomic E-state index is 13.0. The number of hydrogen-bond donors (Lipinski definition) is 0. The summed E-state index contributed by atoms with van der Waals surface area (Å²) in [5.41, 5.74) is 7.80. The molecule has 0 amide bonds. The van der Waals surface area contributed by atoms with E-state index in [0.717, 1.165) is 73.1 Å². The highest BCUT2D eigenvalue weighted by Gasteiger charge is 2.24. The minimum Gasteiger partial charge on any atom is -0.489 e. The van der Waals surface area contributed by atoms with E-state index >= 15 is 0 Å². The molecule has 1 aromatic heterocycles. The molecule has 0 atom stereocenters. The van der Waals surface area contributed by atoms with Gasteiger partial charge in [-0.1, -0.05) is 91.8 Å². The van der Waals surface area contributed by atoms with Crippen LogP contribution in [0.3, 0.4) is 0 Å². The number of Topliss-reactive ketones (excluding diaryl/α,β-unsaturated/α-hetero) is 1. The van der Waals surface area contributed by atoms with Gasteiger partial charge in [-0.2, -0.15) is 5.26 Å². The molecule has 0 saturated heterocycles. The van der Waals surface area contributed by atoms with Crippen LogP contribution >= 0.6 is 11.8 Å². The molecular formula is C35H34N2O2S. The third kappa shape index (κ3) is 6.63. The molecule has 202 valence electrons. The van der Waals surface area contributed by atoms with E-state index in [2.05, 4.69) is 25.1 Å². The molecule has 0 N–H and O–H groups in total. The lowest BCUT2D eigenvalue weighted by atomic mass is 9.87. The number of thioether (sulfide) groups is 1. The number of pyridine rings is 1. The van der Waals surface area contributed by atoms with E-state index in [1.165, 1.54) is 22.9 Å². The Bertz CT molecular complexity index is 1490. The summed E-state index contributed by atoms with van der Waals surface area (Å²) < 4.78 is 5.99. The van der Waals surface area contributed by atoms with Crippen molar-refractivity contribution in [1.29, 1.82) is 5.26 Å². The van der Waals surface area contributed by atoms with Crippen molar-refractivity contribution in [3.8, 4) is 22.9 Å². The number of nitrogens with zero attached hydrogens (tertiary/aromatic N) is 2. The molecule has 5 heteroatoms. The molecule has 0 unspecified atom stereocenters. The van der Waals surface area contributed by atoms with Crippen LogP contribution in [0.25, 0.3) is 11.1 Å².